The van der Waals surface area contributed by atoms with Crippen molar-refractivity contribution in [3.63, 3.8) is 0 Å². The second-order valence-corrected chi connectivity index (χ2v) is 7.78. The second-order valence-electron chi connectivity index (χ2n) is 7.34. The van der Waals surface area contributed by atoms with Crippen LogP contribution in [0.5, 0.6) is 0 Å². The van der Waals surface area contributed by atoms with Gasteiger partial charge in [-0.2, -0.15) is 0 Å². The van der Waals surface area contributed by atoms with E-state index < -0.39 is 5.60 Å². The lowest BCUT2D eigenvalue weighted by Crippen LogP contribution is -2.47. The van der Waals surface area contributed by atoms with Gasteiger partial charge in [0.2, 0.25) is 0 Å². The van der Waals surface area contributed by atoms with Crippen molar-refractivity contribution in [3.8, 4) is 5.69 Å². The summed E-state index contributed by atoms with van der Waals surface area (Å²) in [5, 5.41) is 19.5. The Morgan fingerprint density at radius 1 is 1.10 bits per heavy atom. The summed E-state index contributed by atoms with van der Waals surface area (Å²) in [7, 11) is 0. The number of nitrogens with zero attached hydrogens (tertiary/aromatic N) is 4. The molecule has 1 saturated heterocycles. The minimum absolute atomic E-state index is 0.214. The van der Waals surface area contributed by atoms with E-state index in [1.807, 2.05) is 0 Å². The summed E-state index contributed by atoms with van der Waals surface area (Å²) in [6.45, 7) is 0.842. The molecule has 1 aliphatic heterocycles. The molecule has 2 heterocycles. The summed E-state index contributed by atoms with van der Waals surface area (Å²) in [5.41, 5.74) is 0.979. The van der Waals surface area contributed by atoms with Gasteiger partial charge in [0.05, 0.1) is 17.5 Å². The normalized spacial score (nSPS) is 16.0. The zero-order valence-electron chi connectivity index (χ0n) is 15.6. The Labute approximate surface area is 172 Å². The average Bonchev–Trinajstić information content (AvgIpc) is 3.20. The van der Waals surface area contributed by atoms with Crippen LogP contribution in [0.15, 0.2) is 54.7 Å². The van der Waals surface area contributed by atoms with Crippen molar-refractivity contribution in [2.45, 2.75) is 24.9 Å². The Bertz CT molecular complexity index is 996. The van der Waals surface area contributed by atoms with Gasteiger partial charge in [-0.15, -0.1) is 5.10 Å². The van der Waals surface area contributed by atoms with Gasteiger partial charge in [0.25, 0.3) is 5.91 Å². The smallest absolute Gasteiger partial charge is 0.276 e. The van der Waals surface area contributed by atoms with Crippen molar-refractivity contribution in [2.24, 2.45) is 0 Å². The van der Waals surface area contributed by atoms with Crippen LogP contribution in [0.2, 0.25) is 5.02 Å². The monoisotopic (exact) mass is 414 g/mol. The molecule has 29 heavy (non-hydrogen) atoms. The third-order valence-corrected chi connectivity index (χ3v) is 5.48. The maximum absolute atomic E-state index is 13.1. The number of aliphatic hydroxyl groups is 1. The standard InChI is InChI=1S/C21H20ClFN4O2/c22-16-3-7-18(8-4-16)27-14-19(24-25-27)20(28)26-11-9-21(29,10-12-26)13-15-1-5-17(23)6-2-15/h1-8,14,29H,9-13H2. The van der Waals surface area contributed by atoms with Crippen LogP contribution in [0.25, 0.3) is 5.69 Å². The third-order valence-electron chi connectivity index (χ3n) is 5.23. The molecule has 1 fully saturated rings. The molecule has 1 aromatic heterocycles. The zero-order valence-corrected chi connectivity index (χ0v) is 16.4. The fourth-order valence-electron chi connectivity index (χ4n) is 3.53. The summed E-state index contributed by atoms with van der Waals surface area (Å²) in [6, 6.07) is 13.2. The summed E-state index contributed by atoms with van der Waals surface area (Å²) in [4.78, 5) is 14.4. The number of hydrogen-bond donors (Lipinski definition) is 1. The number of amides is 1. The molecule has 0 unspecified atom stereocenters. The number of carbonyl (C=O) groups excluding carboxylic acids is 1. The largest absolute Gasteiger partial charge is 0.389 e. The van der Waals surface area contributed by atoms with Crippen LogP contribution >= 0.6 is 11.6 Å². The van der Waals surface area contributed by atoms with E-state index >= 15 is 0 Å². The molecule has 6 nitrogen and oxygen atoms in total. The highest BCUT2D eigenvalue weighted by Crippen LogP contribution is 2.27. The molecule has 150 valence electrons. The van der Waals surface area contributed by atoms with Gasteiger partial charge in [-0.3, -0.25) is 4.79 Å². The number of aromatic nitrogens is 3. The van der Waals surface area contributed by atoms with Crippen molar-refractivity contribution >= 4 is 17.5 Å². The van der Waals surface area contributed by atoms with Gasteiger partial charge >= 0.3 is 0 Å². The molecule has 0 atom stereocenters. The van der Waals surface area contributed by atoms with Gasteiger partial charge in [0, 0.05) is 24.5 Å². The minimum atomic E-state index is -0.907. The van der Waals surface area contributed by atoms with Crippen molar-refractivity contribution in [3.05, 3.63) is 76.8 Å². The lowest BCUT2D eigenvalue weighted by Gasteiger charge is -2.38. The van der Waals surface area contributed by atoms with Crippen molar-refractivity contribution in [1.82, 2.24) is 19.9 Å². The lowest BCUT2D eigenvalue weighted by molar-refractivity contribution is -0.0163. The molecule has 1 N–H and O–H groups in total. The first-order valence-corrected chi connectivity index (χ1v) is 9.74. The van der Waals surface area contributed by atoms with Gasteiger partial charge in [0.15, 0.2) is 5.69 Å². The highest BCUT2D eigenvalue weighted by molar-refractivity contribution is 6.30. The first-order chi connectivity index (χ1) is 13.9. The molecule has 0 aliphatic carbocycles. The van der Waals surface area contributed by atoms with E-state index in [2.05, 4.69) is 10.3 Å². The Hall–Kier alpha value is -2.77. The van der Waals surface area contributed by atoms with E-state index in [0.29, 0.717) is 37.4 Å². The highest BCUT2D eigenvalue weighted by atomic mass is 35.5. The molecule has 4 rings (SSSR count). The Balaban J connectivity index is 1.39. The summed E-state index contributed by atoms with van der Waals surface area (Å²) in [6.07, 6.45) is 2.91. The van der Waals surface area contributed by atoms with Gasteiger partial charge in [-0.25, -0.2) is 9.07 Å². The van der Waals surface area contributed by atoms with Crippen LogP contribution in [0.1, 0.15) is 28.9 Å². The minimum Gasteiger partial charge on any atom is -0.389 e. The fraction of sp³-hybridized carbons (Fsp3) is 0.286. The van der Waals surface area contributed by atoms with Crippen LogP contribution < -0.4 is 0 Å². The number of hydrogen-bond acceptors (Lipinski definition) is 4. The number of piperidine rings is 1. The number of carbonyl (C=O) groups is 1. The number of halogens is 2. The molecular formula is C21H20ClFN4O2. The maximum atomic E-state index is 13.1. The SMILES string of the molecule is O=C(c1cn(-c2ccc(Cl)cc2)nn1)N1CCC(O)(Cc2ccc(F)cc2)CC1. The molecule has 1 amide bonds. The Morgan fingerprint density at radius 2 is 1.76 bits per heavy atom. The van der Waals surface area contributed by atoms with Gasteiger partial charge in [-0.05, 0) is 54.8 Å². The fourth-order valence-corrected chi connectivity index (χ4v) is 3.65. The number of benzene rings is 2. The Morgan fingerprint density at radius 3 is 2.41 bits per heavy atom. The van der Waals surface area contributed by atoms with Gasteiger partial charge < -0.3 is 10.0 Å². The lowest BCUT2D eigenvalue weighted by atomic mass is 9.85. The van der Waals surface area contributed by atoms with Crippen LogP contribution in [0.3, 0.4) is 0 Å². The van der Waals surface area contributed by atoms with Crippen LogP contribution in [-0.4, -0.2) is 49.6 Å². The topological polar surface area (TPSA) is 71.2 Å². The van der Waals surface area contributed by atoms with E-state index in [4.69, 9.17) is 11.6 Å². The predicted octanol–water partition coefficient (Wildman–Crippen LogP) is 3.27. The number of likely N-dealkylation sites (tertiary alicyclic amines) is 1. The first kappa shape index (κ1) is 19.5. The molecule has 0 spiro atoms. The molecule has 0 saturated carbocycles. The summed E-state index contributed by atoms with van der Waals surface area (Å²) in [5.74, 6) is -0.512. The number of rotatable bonds is 4. The molecule has 3 aromatic rings. The Kier molecular flexibility index (Phi) is 5.34. The van der Waals surface area contributed by atoms with Crippen molar-refractivity contribution in [1.29, 1.82) is 0 Å². The molecule has 2 aromatic carbocycles. The van der Waals surface area contributed by atoms with Crippen molar-refractivity contribution in [2.75, 3.05) is 13.1 Å². The van der Waals surface area contributed by atoms with E-state index in [1.165, 1.54) is 16.8 Å². The van der Waals surface area contributed by atoms with Crippen LogP contribution in [0, 0.1) is 5.82 Å². The summed E-state index contributed by atoms with van der Waals surface area (Å²) >= 11 is 5.89. The molecule has 0 bridgehead atoms. The van der Waals surface area contributed by atoms with Crippen molar-refractivity contribution < 1.29 is 14.3 Å². The van der Waals surface area contributed by atoms with Gasteiger partial charge in [-0.1, -0.05) is 28.9 Å². The maximum Gasteiger partial charge on any atom is 0.276 e. The molecule has 8 heteroatoms. The van der Waals surface area contributed by atoms with Crippen LogP contribution in [0.4, 0.5) is 4.39 Å². The van der Waals surface area contributed by atoms with E-state index in [9.17, 15) is 14.3 Å². The summed E-state index contributed by atoms with van der Waals surface area (Å²) < 4.78 is 14.6. The quantitative estimate of drug-likeness (QED) is 0.711. The predicted molar refractivity (Wildman–Crippen MR) is 107 cm³/mol. The highest BCUT2D eigenvalue weighted by Gasteiger charge is 2.34. The van der Waals surface area contributed by atoms with E-state index in [1.54, 1.807) is 47.5 Å². The average molecular weight is 415 g/mol. The first-order valence-electron chi connectivity index (χ1n) is 9.36. The van der Waals surface area contributed by atoms with E-state index in [0.717, 1.165) is 11.3 Å². The van der Waals surface area contributed by atoms with Crippen LogP contribution in [-0.2, 0) is 6.42 Å². The molecule has 1 aliphatic rings. The van der Waals surface area contributed by atoms with Gasteiger partial charge in [0.1, 0.15) is 5.82 Å². The zero-order chi connectivity index (χ0) is 20.4. The third kappa shape index (κ3) is 4.46. The second kappa shape index (κ2) is 7.93. The van der Waals surface area contributed by atoms with E-state index in [-0.39, 0.29) is 17.4 Å². The molecule has 0 radical (unpaired) electrons. The molecular weight excluding hydrogens is 395 g/mol.